The Kier molecular flexibility index (Phi) is 3.77. The van der Waals surface area contributed by atoms with Gasteiger partial charge in [0.05, 0.1) is 28.2 Å². The largest absolute Gasteiger partial charge is 0.416 e. The molecule has 1 aromatic heterocycles. The average molecular weight is 291 g/mol. The minimum Gasteiger partial charge on any atom is -0.314 e. The maximum absolute atomic E-state index is 12.7. The summed E-state index contributed by atoms with van der Waals surface area (Å²) >= 11 is 5.93. The molecule has 0 fully saturated rings. The standard InChI is InChI=1S/C11H10ClF3N4/c1-16-5-8-6-17-18-19(8)10-4-7(11(13,14)15)2-3-9(10)12/h2-4,6,16H,5H2,1H3. The lowest BCUT2D eigenvalue weighted by Gasteiger charge is -2.11. The number of hydrogen-bond donors (Lipinski definition) is 1. The van der Waals surface area contributed by atoms with E-state index in [1.807, 2.05) is 0 Å². The van der Waals surface area contributed by atoms with E-state index in [0.717, 1.165) is 12.1 Å². The minimum absolute atomic E-state index is 0.152. The van der Waals surface area contributed by atoms with Gasteiger partial charge < -0.3 is 5.32 Å². The van der Waals surface area contributed by atoms with Crippen molar-refractivity contribution in [1.82, 2.24) is 20.3 Å². The van der Waals surface area contributed by atoms with Gasteiger partial charge in [-0.3, -0.25) is 0 Å². The molecule has 2 aromatic rings. The van der Waals surface area contributed by atoms with Gasteiger partial charge in [0.15, 0.2) is 0 Å². The number of rotatable bonds is 3. The average Bonchev–Trinajstić information content (AvgIpc) is 2.77. The molecule has 0 amide bonds. The van der Waals surface area contributed by atoms with Crippen molar-refractivity contribution in [2.24, 2.45) is 0 Å². The molecule has 1 aromatic carbocycles. The van der Waals surface area contributed by atoms with Gasteiger partial charge in [-0.2, -0.15) is 13.2 Å². The molecule has 0 aliphatic carbocycles. The van der Waals surface area contributed by atoms with E-state index in [1.54, 1.807) is 7.05 Å². The Balaban J connectivity index is 2.52. The van der Waals surface area contributed by atoms with Gasteiger partial charge in [0.1, 0.15) is 0 Å². The topological polar surface area (TPSA) is 42.7 Å². The smallest absolute Gasteiger partial charge is 0.314 e. The minimum atomic E-state index is -4.43. The first kappa shape index (κ1) is 13.8. The molecule has 0 saturated heterocycles. The molecule has 19 heavy (non-hydrogen) atoms. The van der Waals surface area contributed by atoms with Gasteiger partial charge in [0, 0.05) is 6.54 Å². The Morgan fingerprint density at radius 3 is 2.74 bits per heavy atom. The van der Waals surface area contributed by atoms with Crippen LogP contribution < -0.4 is 5.32 Å². The molecule has 1 N–H and O–H groups in total. The van der Waals surface area contributed by atoms with Crippen LogP contribution in [0.2, 0.25) is 5.02 Å². The molecule has 0 bridgehead atoms. The van der Waals surface area contributed by atoms with Crippen LogP contribution in [0.3, 0.4) is 0 Å². The van der Waals surface area contributed by atoms with Crippen LogP contribution in [0.25, 0.3) is 5.69 Å². The normalized spacial score (nSPS) is 11.8. The van der Waals surface area contributed by atoms with Crippen molar-refractivity contribution in [3.8, 4) is 5.69 Å². The summed E-state index contributed by atoms with van der Waals surface area (Å²) in [6.07, 6.45) is -2.96. The fourth-order valence-electron chi connectivity index (χ4n) is 1.61. The van der Waals surface area contributed by atoms with E-state index in [0.29, 0.717) is 12.2 Å². The molecular weight excluding hydrogens is 281 g/mol. The fraction of sp³-hybridized carbons (Fsp3) is 0.273. The van der Waals surface area contributed by atoms with Crippen molar-refractivity contribution < 1.29 is 13.2 Å². The molecule has 0 unspecified atom stereocenters. The lowest BCUT2D eigenvalue weighted by Crippen LogP contribution is -2.12. The second kappa shape index (κ2) is 5.18. The van der Waals surface area contributed by atoms with Crippen LogP contribution in [0.4, 0.5) is 13.2 Å². The Labute approximate surface area is 112 Å². The maximum Gasteiger partial charge on any atom is 0.416 e. The molecule has 0 spiro atoms. The third-order valence-corrected chi connectivity index (χ3v) is 2.80. The van der Waals surface area contributed by atoms with E-state index in [2.05, 4.69) is 15.6 Å². The Morgan fingerprint density at radius 1 is 1.37 bits per heavy atom. The van der Waals surface area contributed by atoms with Gasteiger partial charge >= 0.3 is 6.18 Å². The maximum atomic E-state index is 12.7. The first-order valence-electron chi connectivity index (χ1n) is 5.35. The number of aromatic nitrogens is 3. The van der Waals surface area contributed by atoms with Crippen LogP contribution in [-0.2, 0) is 12.7 Å². The van der Waals surface area contributed by atoms with Gasteiger partial charge in [-0.05, 0) is 25.2 Å². The van der Waals surface area contributed by atoms with Gasteiger partial charge in [0.2, 0.25) is 0 Å². The van der Waals surface area contributed by atoms with Crippen molar-refractivity contribution >= 4 is 11.6 Å². The van der Waals surface area contributed by atoms with Crippen molar-refractivity contribution in [1.29, 1.82) is 0 Å². The monoisotopic (exact) mass is 290 g/mol. The lowest BCUT2D eigenvalue weighted by atomic mass is 10.2. The number of halogens is 4. The van der Waals surface area contributed by atoms with Crippen molar-refractivity contribution in [2.75, 3.05) is 7.05 Å². The van der Waals surface area contributed by atoms with Crippen LogP contribution in [0, 0.1) is 0 Å². The molecule has 0 aliphatic rings. The van der Waals surface area contributed by atoms with Gasteiger partial charge in [-0.15, -0.1) is 5.10 Å². The summed E-state index contributed by atoms with van der Waals surface area (Å²) in [6.45, 7) is 0.416. The lowest BCUT2D eigenvalue weighted by molar-refractivity contribution is -0.137. The quantitative estimate of drug-likeness (QED) is 0.945. The first-order chi connectivity index (χ1) is 8.93. The molecule has 0 radical (unpaired) electrons. The van der Waals surface area contributed by atoms with E-state index in [4.69, 9.17) is 11.6 Å². The van der Waals surface area contributed by atoms with Crippen LogP contribution in [-0.4, -0.2) is 22.0 Å². The predicted octanol–water partition coefficient (Wildman–Crippen LogP) is 2.66. The zero-order valence-corrected chi connectivity index (χ0v) is 10.6. The van der Waals surface area contributed by atoms with Gasteiger partial charge in [-0.25, -0.2) is 4.68 Å². The number of nitrogens with one attached hydrogen (secondary N) is 1. The van der Waals surface area contributed by atoms with Crippen LogP contribution in [0.5, 0.6) is 0 Å². The summed E-state index contributed by atoms with van der Waals surface area (Å²) in [5, 5.41) is 10.5. The molecule has 0 aliphatic heterocycles. The summed E-state index contributed by atoms with van der Waals surface area (Å²) in [4.78, 5) is 0. The number of nitrogens with zero attached hydrogens (tertiary/aromatic N) is 3. The second-order valence-corrected chi connectivity index (χ2v) is 4.24. The first-order valence-corrected chi connectivity index (χ1v) is 5.72. The molecular formula is C11H10ClF3N4. The molecule has 1 heterocycles. The summed E-state index contributed by atoms with van der Waals surface area (Å²) in [6, 6.07) is 3.08. The third-order valence-electron chi connectivity index (χ3n) is 2.48. The number of alkyl halides is 3. The van der Waals surface area contributed by atoms with Gasteiger partial charge in [0.25, 0.3) is 0 Å². The van der Waals surface area contributed by atoms with Crippen molar-refractivity contribution in [3.05, 3.63) is 40.7 Å². The van der Waals surface area contributed by atoms with E-state index < -0.39 is 11.7 Å². The highest BCUT2D eigenvalue weighted by atomic mass is 35.5. The van der Waals surface area contributed by atoms with E-state index >= 15 is 0 Å². The van der Waals surface area contributed by atoms with Crippen molar-refractivity contribution in [3.63, 3.8) is 0 Å². The van der Waals surface area contributed by atoms with Crippen LogP contribution in [0.1, 0.15) is 11.3 Å². The van der Waals surface area contributed by atoms with E-state index in [-0.39, 0.29) is 10.7 Å². The summed E-state index contributed by atoms with van der Waals surface area (Å²) in [5.74, 6) is 0. The second-order valence-electron chi connectivity index (χ2n) is 3.83. The zero-order chi connectivity index (χ0) is 14.0. The predicted molar refractivity (Wildman–Crippen MR) is 64.1 cm³/mol. The summed E-state index contributed by atoms with van der Waals surface area (Å²) in [5.41, 5.74) is -0.0132. The number of benzene rings is 1. The van der Waals surface area contributed by atoms with Gasteiger partial charge in [-0.1, -0.05) is 16.8 Å². The molecule has 8 heteroatoms. The molecule has 0 saturated carbocycles. The Bertz CT molecular complexity index is 580. The molecule has 4 nitrogen and oxygen atoms in total. The molecule has 102 valence electrons. The summed E-state index contributed by atoms with van der Waals surface area (Å²) < 4.78 is 39.4. The fourth-order valence-corrected chi connectivity index (χ4v) is 1.81. The molecule has 2 rings (SSSR count). The van der Waals surface area contributed by atoms with Crippen molar-refractivity contribution in [2.45, 2.75) is 12.7 Å². The van der Waals surface area contributed by atoms with Crippen LogP contribution in [0.15, 0.2) is 24.4 Å². The van der Waals surface area contributed by atoms with E-state index in [1.165, 1.54) is 16.9 Å². The Hall–Kier alpha value is -1.60. The SMILES string of the molecule is CNCc1cnnn1-c1cc(C(F)(F)F)ccc1Cl. The van der Waals surface area contributed by atoms with E-state index in [9.17, 15) is 13.2 Å². The summed E-state index contributed by atoms with van der Waals surface area (Å²) in [7, 11) is 1.71. The third kappa shape index (κ3) is 2.87. The highest BCUT2D eigenvalue weighted by molar-refractivity contribution is 6.32. The van der Waals surface area contributed by atoms with Crippen LogP contribution >= 0.6 is 11.6 Å². The highest BCUT2D eigenvalue weighted by Crippen LogP contribution is 2.33. The number of hydrogen-bond acceptors (Lipinski definition) is 3. The highest BCUT2D eigenvalue weighted by Gasteiger charge is 2.31. The zero-order valence-electron chi connectivity index (χ0n) is 9.87. The Morgan fingerprint density at radius 2 is 2.11 bits per heavy atom. The molecule has 0 atom stereocenters.